The fourth-order valence-electron chi connectivity index (χ4n) is 5.85. The Hall–Kier alpha value is -6.01. The number of fused-ring (bicyclic) bond motifs is 1. The maximum atomic E-state index is 13.6. The highest BCUT2D eigenvalue weighted by atomic mass is 16.4. The lowest BCUT2D eigenvalue weighted by Gasteiger charge is -2.26. The van der Waals surface area contributed by atoms with Gasteiger partial charge in [0.1, 0.15) is 30.2 Å². The molecule has 18 heteroatoms. The molecule has 0 fully saturated rings. The summed E-state index contributed by atoms with van der Waals surface area (Å²) in [7, 11) is 0. The number of carboxylic acids is 1. The van der Waals surface area contributed by atoms with Crippen LogP contribution in [-0.4, -0.2) is 106 Å². The first-order chi connectivity index (χ1) is 26.6. The Labute approximate surface area is 324 Å². The first-order valence-electron chi connectivity index (χ1n) is 18.3. The molecule has 0 aliphatic heterocycles. The third kappa shape index (κ3) is 14.0. The van der Waals surface area contributed by atoms with Gasteiger partial charge in [0, 0.05) is 30.1 Å². The molecule has 6 atom stereocenters. The highest BCUT2D eigenvalue weighted by molar-refractivity contribution is 5.96. The smallest absolute Gasteiger partial charge is 0.326 e. The molecule has 56 heavy (non-hydrogen) atoms. The molecule has 5 amide bonds. The number of carbonyl (C=O) groups is 6. The number of aliphatic carboxylic acids is 1. The number of H-pyrrole nitrogens is 1. The van der Waals surface area contributed by atoms with Gasteiger partial charge in [0.15, 0.2) is 5.96 Å². The molecule has 14 N–H and O–H groups in total. The predicted octanol–water partition coefficient (Wildman–Crippen LogP) is -1.10. The average Bonchev–Trinajstić information content (AvgIpc) is 3.56. The van der Waals surface area contributed by atoms with Crippen molar-refractivity contribution in [2.45, 2.75) is 89.1 Å². The molecule has 1 heterocycles. The zero-order valence-corrected chi connectivity index (χ0v) is 31.8. The van der Waals surface area contributed by atoms with E-state index in [2.05, 4.69) is 36.6 Å². The normalized spacial score (nSPS) is 14.3. The van der Waals surface area contributed by atoms with Gasteiger partial charge in [0.05, 0.1) is 12.6 Å². The van der Waals surface area contributed by atoms with Gasteiger partial charge in [0.25, 0.3) is 0 Å². The van der Waals surface area contributed by atoms with Crippen molar-refractivity contribution in [3.63, 3.8) is 0 Å². The summed E-state index contributed by atoms with van der Waals surface area (Å²) in [4.78, 5) is 85.6. The highest BCUT2D eigenvalue weighted by Crippen LogP contribution is 2.19. The number of nitrogens with one attached hydrogen (secondary N) is 6. The number of aromatic nitrogens is 1. The van der Waals surface area contributed by atoms with E-state index in [0.717, 1.165) is 16.5 Å². The van der Waals surface area contributed by atoms with Crippen molar-refractivity contribution in [2.75, 3.05) is 13.2 Å². The fourth-order valence-corrected chi connectivity index (χ4v) is 5.85. The van der Waals surface area contributed by atoms with Crippen LogP contribution in [0.4, 0.5) is 0 Å². The second kappa shape index (κ2) is 21.8. The number of hydrogen-bond acceptors (Lipinski definition) is 9. The van der Waals surface area contributed by atoms with Crippen LogP contribution < -0.4 is 43.8 Å². The van der Waals surface area contributed by atoms with Crippen molar-refractivity contribution < 1.29 is 39.0 Å². The minimum absolute atomic E-state index is 0.00398. The van der Waals surface area contributed by atoms with Crippen LogP contribution in [0.1, 0.15) is 51.2 Å². The van der Waals surface area contributed by atoms with Crippen molar-refractivity contribution in [2.24, 2.45) is 28.1 Å². The average molecular weight is 779 g/mol. The molecule has 0 aliphatic rings. The lowest BCUT2D eigenvalue weighted by Crippen LogP contribution is -2.60. The largest absolute Gasteiger partial charge is 0.480 e. The van der Waals surface area contributed by atoms with Crippen LogP contribution in [0.3, 0.4) is 0 Å². The molecule has 0 unspecified atom stereocenters. The van der Waals surface area contributed by atoms with E-state index in [4.69, 9.17) is 17.2 Å². The minimum atomic E-state index is -1.57. The molecular formula is C38H54N10O8. The van der Waals surface area contributed by atoms with Gasteiger partial charge in [-0.2, -0.15) is 0 Å². The molecule has 3 rings (SSSR count). The van der Waals surface area contributed by atoms with E-state index in [1.807, 2.05) is 24.3 Å². The number of nitrogens with zero attached hydrogens (tertiary/aromatic N) is 1. The number of carboxylic acid groups (broad SMARTS) is 1. The fraction of sp³-hybridized carbons (Fsp3) is 0.447. The number of rotatable bonds is 22. The van der Waals surface area contributed by atoms with Crippen LogP contribution in [0, 0.1) is 5.92 Å². The number of benzene rings is 2. The van der Waals surface area contributed by atoms with E-state index in [-0.39, 0.29) is 50.5 Å². The number of aliphatic hydroxyl groups is 1. The maximum absolute atomic E-state index is 13.6. The lowest BCUT2D eigenvalue weighted by atomic mass is 10.0. The SMILES string of the molecule is CC(C)C[C@H](NC(=O)[C@H](CO)NC(=O)[C@H](CCCN=C(N)N)NC(=O)[C@H](C)NC(=O)[C@@H](N)Cc1c[nH]c2ccccc12)C(=O)N[C@@H](Cc1ccccc1)C(=O)O. The molecule has 1 aromatic heterocycles. The first-order valence-corrected chi connectivity index (χ1v) is 18.3. The molecule has 3 aromatic rings. The van der Waals surface area contributed by atoms with Gasteiger partial charge in [-0.05, 0) is 55.7 Å². The maximum Gasteiger partial charge on any atom is 0.326 e. The second-order valence-corrected chi connectivity index (χ2v) is 13.9. The van der Waals surface area contributed by atoms with Crippen molar-refractivity contribution in [1.29, 1.82) is 0 Å². The van der Waals surface area contributed by atoms with E-state index in [0.29, 0.717) is 5.56 Å². The van der Waals surface area contributed by atoms with Crippen molar-refractivity contribution in [1.82, 2.24) is 31.6 Å². The monoisotopic (exact) mass is 778 g/mol. The number of aliphatic imine (C=N–C) groups is 1. The van der Waals surface area contributed by atoms with Gasteiger partial charge in [0.2, 0.25) is 29.5 Å². The van der Waals surface area contributed by atoms with Gasteiger partial charge < -0.3 is 59.0 Å². The standard InChI is InChI=1S/C38H54N10O8/c1-21(2)16-29(35(53)47-30(37(55)56)17-23-10-5-4-6-11-23)46-36(54)31(20-49)48-34(52)28(14-9-15-42-38(40)41)45-32(50)22(3)44-33(51)26(39)18-24-19-43-27-13-8-7-12-25(24)27/h4-8,10-13,19,21-22,26,28-31,43,49H,9,14-18,20,39H2,1-3H3,(H,44,51)(H,45,50)(H,46,54)(H,47,53)(H,48,52)(H,55,56)(H4,40,41,42)/t22-,26-,28-,29-,30-,31-/m0/s1. The molecule has 18 nitrogen and oxygen atoms in total. The Kier molecular flexibility index (Phi) is 17.3. The summed E-state index contributed by atoms with van der Waals surface area (Å²) in [6.07, 6.45) is 2.27. The zero-order valence-electron chi connectivity index (χ0n) is 31.8. The van der Waals surface area contributed by atoms with Crippen LogP contribution in [0.25, 0.3) is 10.9 Å². The second-order valence-electron chi connectivity index (χ2n) is 13.9. The molecule has 304 valence electrons. The first kappa shape index (κ1) is 44.4. The van der Waals surface area contributed by atoms with Crippen LogP contribution in [0.15, 0.2) is 65.8 Å². The predicted molar refractivity (Wildman–Crippen MR) is 210 cm³/mol. The number of hydrogen-bond donors (Lipinski definition) is 11. The van der Waals surface area contributed by atoms with E-state index in [1.165, 1.54) is 6.92 Å². The molecule has 2 aromatic carbocycles. The molecule has 0 saturated heterocycles. The zero-order chi connectivity index (χ0) is 41.4. The lowest BCUT2D eigenvalue weighted by molar-refractivity contribution is -0.142. The summed E-state index contributed by atoms with van der Waals surface area (Å²) < 4.78 is 0. The van der Waals surface area contributed by atoms with Crippen LogP contribution in [-0.2, 0) is 41.6 Å². The Balaban J connectivity index is 1.67. The van der Waals surface area contributed by atoms with Gasteiger partial charge >= 0.3 is 5.97 Å². The van der Waals surface area contributed by atoms with Crippen LogP contribution in [0.2, 0.25) is 0 Å². The quantitative estimate of drug-likeness (QED) is 0.0331. The molecule has 0 spiro atoms. The Morgan fingerprint density at radius 2 is 1.32 bits per heavy atom. The summed E-state index contributed by atoms with van der Waals surface area (Å²) in [5.41, 5.74) is 19.4. The number of para-hydroxylation sites is 1. The number of amides is 5. The Bertz CT molecular complexity index is 1830. The van der Waals surface area contributed by atoms with Crippen LogP contribution >= 0.6 is 0 Å². The van der Waals surface area contributed by atoms with Crippen LogP contribution in [0.5, 0.6) is 0 Å². The van der Waals surface area contributed by atoms with Gasteiger partial charge in [-0.3, -0.25) is 29.0 Å². The molecule has 0 radical (unpaired) electrons. The molecule has 0 aliphatic carbocycles. The molecule has 0 bridgehead atoms. The Morgan fingerprint density at radius 3 is 1.96 bits per heavy atom. The highest BCUT2D eigenvalue weighted by Gasteiger charge is 2.32. The van der Waals surface area contributed by atoms with Gasteiger partial charge in [-0.25, -0.2) is 4.79 Å². The number of guanidine groups is 1. The van der Waals surface area contributed by atoms with E-state index >= 15 is 0 Å². The third-order valence-corrected chi connectivity index (χ3v) is 8.83. The number of nitrogens with two attached hydrogens (primary N) is 3. The van der Waals surface area contributed by atoms with Gasteiger partial charge in [-0.15, -0.1) is 0 Å². The third-order valence-electron chi connectivity index (χ3n) is 8.83. The molecular weight excluding hydrogens is 724 g/mol. The van der Waals surface area contributed by atoms with E-state index < -0.39 is 78.4 Å². The number of aromatic amines is 1. The van der Waals surface area contributed by atoms with Crippen molar-refractivity contribution in [3.8, 4) is 0 Å². The minimum Gasteiger partial charge on any atom is -0.480 e. The number of carbonyl (C=O) groups excluding carboxylic acids is 5. The van der Waals surface area contributed by atoms with E-state index in [9.17, 15) is 39.0 Å². The van der Waals surface area contributed by atoms with Crippen molar-refractivity contribution >= 4 is 52.4 Å². The summed E-state index contributed by atoms with van der Waals surface area (Å²) >= 11 is 0. The Morgan fingerprint density at radius 1 is 0.732 bits per heavy atom. The van der Waals surface area contributed by atoms with Gasteiger partial charge in [-0.1, -0.05) is 62.4 Å². The van der Waals surface area contributed by atoms with E-state index in [1.54, 1.807) is 50.4 Å². The van der Waals surface area contributed by atoms with Crippen molar-refractivity contribution in [3.05, 3.63) is 71.9 Å². The molecule has 0 saturated carbocycles. The number of aliphatic hydroxyl groups excluding tert-OH is 1. The summed E-state index contributed by atoms with van der Waals surface area (Å²) in [6.45, 7) is 4.24. The summed E-state index contributed by atoms with van der Waals surface area (Å²) in [5.74, 6) is -5.45. The summed E-state index contributed by atoms with van der Waals surface area (Å²) in [5, 5.41) is 33.4. The topological polar surface area (TPSA) is 309 Å². The summed E-state index contributed by atoms with van der Waals surface area (Å²) in [6, 6.07) is 8.76.